The minimum Gasteiger partial charge on any atom is -0.492 e. The van der Waals surface area contributed by atoms with Crippen molar-refractivity contribution in [3.05, 3.63) is 27.7 Å². The van der Waals surface area contributed by atoms with Crippen molar-refractivity contribution in [2.45, 2.75) is 19.8 Å². The second kappa shape index (κ2) is 6.13. The number of carbonyl (C=O) groups is 1. The van der Waals surface area contributed by atoms with Crippen molar-refractivity contribution in [1.29, 1.82) is 0 Å². The zero-order valence-electron chi connectivity index (χ0n) is 8.43. The Labute approximate surface area is 103 Å². The molecule has 0 aliphatic carbocycles. The maximum absolute atomic E-state index is 10.7. The smallest absolute Gasteiger partial charge is 0.137 e. The number of benzene rings is 1. The third kappa shape index (κ3) is 4.67. The molecule has 0 spiro atoms. The number of hydrogen-bond acceptors (Lipinski definition) is 2. The van der Waals surface area contributed by atoms with E-state index in [0.717, 1.165) is 10.9 Å². The lowest BCUT2D eigenvalue weighted by Crippen LogP contribution is -2.00. The molecule has 0 aromatic heterocycles. The molecule has 0 atom stereocenters. The summed E-state index contributed by atoms with van der Waals surface area (Å²) >= 11 is 9.26. The lowest BCUT2D eigenvalue weighted by atomic mass is 10.2. The predicted octanol–water partition coefficient (Wildman–Crippen LogP) is 3.85. The Morgan fingerprint density at radius 3 is 2.87 bits per heavy atom. The molecule has 0 bridgehead atoms. The summed E-state index contributed by atoms with van der Waals surface area (Å²) in [5.74, 6) is 0.837. The summed E-state index contributed by atoms with van der Waals surface area (Å²) in [7, 11) is 0. The average molecular weight is 292 g/mol. The van der Waals surface area contributed by atoms with E-state index in [9.17, 15) is 4.79 Å². The van der Waals surface area contributed by atoms with Crippen LogP contribution >= 0.6 is 27.5 Å². The van der Waals surface area contributed by atoms with Crippen molar-refractivity contribution in [3.8, 4) is 5.75 Å². The summed E-state index contributed by atoms with van der Waals surface area (Å²) < 4.78 is 6.36. The van der Waals surface area contributed by atoms with Crippen molar-refractivity contribution < 1.29 is 9.53 Å². The Bertz CT molecular complexity index is 352. The van der Waals surface area contributed by atoms with E-state index in [4.69, 9.17) is 16.3 Å². The normalized spacial score (nSPS) is 10.1. The van der Waals surface area contributed by atoms with Gasteiger partial charge in [-0.15, -0.1) is 0 Å². The molecule has 0 heterocycles. The number of ketones is 1. The van der Waals surface area contributed by atoms with E-state index < -0.39 is 0 Å². The van der Waals surface area contributed by atoms with Crippen LogP contribution < -0.4 is 4.74 Å². The number of carbonyl (C=O) groups excluding carboxylic acids is 1. The predicted molar refractivity (Wildman–Crippen MR) is 64.6 cm³/mol. The lowest BCUT2D eigenvalue weighted by molar-refractivity contribution is -0.117. The molecule has 0 aliphatic heterocycles. The van der Waals surface area contributed by atoms with Gasteiger partial charge >= 0.3 is 0 Å². The third-order valence-corrected chi connectivity index (χ3v) is 2.61. The zero-order valence-corrected chi connectivity index (χ0v) is 10.8. The monoisotopic (exact) mass is 290 g/mol. The molecule has 0 saturated carbocycles. The van der Waals surface area contributed by atoms with Gasteiger partial charge in [-0.2, -0.15) is 0 Å². The molecule has 4 heteroatoms. The summed E-state index contributed by atoms with van der Waals surface area (Å²) in [4.78, 5) is 10.7. The van der Waals surface area contributed by atoms with E-state index in [1.165, 1.54) is 0 Å². The SMILES string of the molecule is CC(=O)CCCOc1ccc(Br)cc1Cl. The molecule has 1 aromatic carbocycles. The third-order valence-electron chi connectivity index (χ3n) is 1.82. The first kappa shape index (κ1) is 12.5. The van der Waals surface area contributed by atoms with Crippen molar-refractivity contribution >= 4 is 33.3 Å². The van der Waals surface area contributed by atoms with Crippen LogP contribution in [0.3, 0.4) is 0 Å². The number of ether oxygens (including phenoxy) is 1. The van der Waals surface area contributed by atoms with Crippen molar-refractivity contribution in [3.63, 3.8) is 0 Å². The molecule has 0 amide bonds. The van der Waals surface area contributed by atoms with E-state index in [1.807, 2.05) is 6.07 Å². The quantitative estimate of drug-likeness (QED) is 0.770. The average Bonchev–Trinajstić information content (AvgIpc) is 2.14. The molecule has 0 radical (unpaired) electrons. The van der Waals surface area contributed by atoms with Gasteiger partial charge in [-0.1, -0.05) is 27.5 Å². The summed E-state index contributed by atoms with van der Waals surface area (Å²) in [5.41, 5.74) is 0. The summed E-state index contributed by atoms with van der Waals surface area (Å²) in [6, 6.07) is 5.45. The highest BCUT2D eigenvalue weighted by molar-refractivity contribution is 9.10. The molecular weight excluding hydrogens is 279 g/mol. The van der Waals surface area contributed by atoms with E-state index >= 15 is 0 Å². The van der Waals surface area contributed by atoms with Crippen LogP contribution in [0.5, 0.6) is 5.75 Å². The molecular formula is C11H12BrClO2. The maximum Gasteiger partial charge on any atom is 0.137 e. The van der Waals surface area contributed by atoms with Crippen LogP contribution in [-0.4, -0.2) is 12.4 Å². The lowest BCUT2D eigenvalue weighted by Gasteiger charge is -2.07. The van der Waals surface area contributed by atoms with E-state index in [1.54, 1.807) is 19.1 Å². The van der Waals surface area contributed by atoms with Crippen molar-refractivity contribution in [2.24, 2.45) is 0 Å². The highest BCUT2D eigenvalue weighted by Crippen LogP contribution is 2.27. The van der Waals surface area contributed by atoms with Gasteiger partial charge in [-0.3, -0.25) is 0 Å². The van der Waals surface area contributed by atoms with Gasteiger partial charge in [0, 0.05) is 10.9 Å². The molecule has 15 heavy (non-hydrogen) atoms. The maximum atomic E-state index is 10.7. The minimum absolute atomic E-state index is 0.181. The zero-order chi connectivity index (χ0) is 11.3. The van der Waals surface area contributed by atoms with Crippen LogP contribution in [0.25, 0.3) is 0 Å². The van der Waals surface area contributed by atoms with Crippen LogP contribution in [0.1, 0.15) is 19.8 Å². The van der Waals surface area contributed by atoms with Crippen molar-refractivity contribution in [2.75, 3.05) is 6.61 Å². The van der Waals surface area contributed by atoms with Crippen LogP contribution in [0.4, 0.5) is 0 Å². The van der Waals surface area contributed by atoms with Gasteiger partial charge in [-0.05, 0) is 31.5 Å². The van der Waals surface area contributed by atoms with Crippen LogP contribution in [0.15, 0.2) is 22.7 Å². The second-order valence-electron chi connectivity index (χ2n) is 3.23. The highest BCUT2D eigenvalue weighted by Gasteiger charge is 2.02. The largest absolute Gasteiger partial charge is 0.492 e. The van der Waals surface area contributed by atoms with E-state index in [0.29, 0.717) is 23.8 Å². The number of Topliss-reactive ketones (excluding diaryl/α,β-unsaturated/α-hetero) is 1. The van der Waals surface area contributed by atoms with Gasteiger partial charge < -0.3 is 9.53 Å². The Hall–Kier alpha value is -0.540. The standard InChI is InChI=1S/C11H12BrClO2/c1-8(14)3-2-6-15-11-5-4-9(12)7-10(11)13/h4-5,7H,2-3,6H2,1H3. The Morgan fingerprint density at radius 1 is 1.53 bits per heavy atom. The van der Waals surface area contributed by atoms with Gasteiger partial charge in [0.1, 0.15) is 11.5 Å². The van der Waals surface area contributed by atoms with Crippen LogP contribution in [-0.2, 0) is 4.79 Å². The molecule has 0 aliphatic rings. The van der Waals surface area contributed by atoms with Gasteiger partial charge in [-0.25, -0.2) is 0 Å². The van der Waals surface area contributed by atoms with E-state index in [2.05, 4.69) is 15.9 Å². The van der Waals surface area contributed by atoms with Crippen LogP contribution in [0, 0.1) is 0 Å². The number of hydrogen-bond donors (Lipinski definition) is 0. The number of halogens is 2. The first-order chi connectivity index (χ1) is 7.09. The van der Waals surface area contributed by atoms with Gasteiger partial charge in [0.25, 0.3) is 0 Å². The van der Waals surface area contributed by atoms with Crippen molar-refractivity contribution in [1.82, 2.24) is 0 Å². The summed E-state index contributed by atoms with van der Waals surface area (Å²) in [6.07, 6.45) is 1.27. The molecule has 2 nitrogen and oxygen atoms in total. The molecule has 82 valence electrons. The molecule has 0 N–H and O–H groups in total. The fourth-order valence-corrected chi connectivity index (χ4v) is 1.82. The minimum atomic E-state index is 0.181. The highest BCUT2D eigenvalue weighted by atomic mass is 79.9. The first-order valence-electron chi connectivity index (χ1n) is 4.67. The van der Waals surface area contributed by atoms with Gasteiger partial charge in [0.05, 0.1) is 11.6 Å². The Balaban J connectivity index is 2.40. The molecule has 1 aromatic rings. The molecule has 0 fully saturated rings. The molecule has 0 unspecified atom stereocenters. The summed E-state index contributed by atoms with van der Waals surface area (Å²) in [5, 5.41) is 0.576. The van der Waals surface area contributed by atoms with Gasteiger partial charge in [0.2, 0.25) is 0 Å². The van der Waals surface area contributed by atoms with E-state index in [-0.39, 0.29) is 5.78 Å². The Morgan fingerprint density at radius 2 is 2.27 bits per heavy atom. The summed E-state index contributed by atoms with van der Waals surface area (Å²) in [6.45, 7) is 2.09. The number of rotatable bonds is 5. The molecule has 0 saturated heterocycles. The Kier molecular flexibility index (Phi) is 5.12. The first-order valence-corrected chi connectivity index (χ1v) is 5.84. The molecule has 1 rings (SSSR count). The second-order valence-corrected chi connectivity index (χ2v) is 4.55. The van der Waals surface area contributed by atoms with Gasteiger partial charge in [0.15, 0.2) is 0 Å². The fraction of sp³-hybridized carbons (Fsp3) is 0.364. The fourth-order valence-electron chi connectivity index (χ4n) is 1.10. The van der Waals surface area contributed by atoms with Crippen LogP contribution in [0.2, 0.25) is 5.02 Å². The topological polar surface area (TPSA) is 26.3 Å².